The Morgan fingerprint density at radius 3 is 2.38 bits per heavy atom. The summed E-state index contributed by atoms with van der Waals surface area (Å²) in [4.78, 5) is 12.5. The monoisotopic (exact) mass is 277 g/mol. The zero-order chi connectivity index (χ0) is 15.0. The van der Waals surface area contributed by atoms with Crippen molar-refractivity contribution in [1.29, 1.82) is 0 Å². The van der Waals surface area contributed by atoms with Gasteiger partial charge < -0.3 is 4.57 Å². The predicted octanol–water partition coefficient (Wildman–Crippen LogP) is 3.98. The number of fused-ring (bicyclic) bond motifs is 1. The lowest BCUT2D eigenvalue weighted by Crippen LogP contribution is -2.14. The summed E-state index contributed by atoms with van der Waals surface area (Å²) in [5, 5.41) is 0.844. The van der Waals surface area contributed by atoms with Crippen LogP contribution < -0.4 is 5.43 Å². The Morgan fingerprint density at radius 1 is 0.952 bits per heavy atom. The summed E-state index contributed by atoms with van der Waals surface area (Å²) in [6, 6.07) is 14.5. The molecule has 2 nitrogen and oxygen atoms in total. The maximum atomic E-state index is 12.5. The average molecular weight is 277 g/mol. The maximum Gasteiger partial charge on any atom is 0.192 e. The third-order valence-corrected chi connectivity index (χ3v) is 3.90. The van der Waals surface area contributed by atoms with E-state index >= 15 is 0 Å². The van der Waals surface area contributed by atoms with Crippen LogP contribution in [-0.4, -0.2) is 4.57 Å². The zero-order valence-electron chi connectivity index (χ0n) is 12.7. The minimum absolute atomic E-state index is 0.145. The first kappa shape index (κ1) is 13.6. The SMILES string of the molecule is Cc1cc(C)c2c(=O)c(C)cn(Cc3ccccc3)c2c1. The lowest BCUT2D eigenvalue weighted by atomic mass is 10.0. The summed E-state index contributed by atoms with van der Waals surface area (Å²) in [7, 11) is 0. The van der Waals surface area contributed by atoms with Gasteiger partial charge in [-0.3, -0.25) is 4.79 Å². The van der Waals surface area contributed by atoms with Gasteiger partial charge >= 0.3 is 0 Å². The molecule has 21 heavy (non-hydrogen) atoms. The Balaban J connectivity index is 2.28. The first-order chi connectivity index (χ1) is 10.1. The second kappa shape index (κ2) is 5.21. The van der Waals surface area contributed by atoms with Gasteiger partial charge in [-0.25, -0.2) is 0 Å². The van der Waals surface area contributed by atoms with E-state index in [1.807, 2.05) is 38.2 Å². The highest BCUT2D eigenvalue weighted by atomic mass is 16.1. The van der Waals surface area contributed by atoms with E-state index in [2.05, 4.69) is 35.8 Å². The highest BCUT2D eigenvalue weighted by molar-refractivity contribution is 5.83. The fraction of sp³-hybridized carbons (Fsp3) is 0.211. The van der Waals surface area contributed by atoms with Crippen LogP contribution in [0, 0.1) is 20.8 Å². The summed E-state index contributed by atoms with van der Waals surface area (Å²) >= 11 is 0. The number of aryl methyl sites for hydroxylation is 3. The quantitative estimate of drug-likeness (QED) is 0.694. The molecule has 106 valence electrons. The van der Waals surface area contributed by atoms with Crippen molar-refractivity contribution in [3.8, 4) is 0 Å². The van der Waals surface area contributed by atoms with Crippen LogP contribution >= 0.6 is 0 Å². The number of aromatic nitrogens is 1. The third kappa shape index (κ3) is 2.49. The van der Waals surface area contributed by atoms with Gasteiger partial charge in [-0.2, -0.15) is 0 Å². The molecule has 0 unspecified atom stereocenters. The van der Waals surface area contributed by atoms with E-state index in [9.17, 15) is 4.79 Å². The van der Waals surface area contributed by atoms with Gasteiger partial charge in [0, 0.05) is 23.7 Å². The van der Waals surface area contributed by atoms with Crippen molar-refractivity contribution < 1.29 is 0 Å². The van der Waals surface area contributed by atoms with Crippen LogP contribution in [0.5, 0.6) is 0 Å². The number of hydrogen-bond donors (Lipinski definition) is 0. The molecule has 2 aromatic carbocycles. The molecule has 0 saturated heterocycles. The van der Waals surface area contributed by atoms with Gasteiger partial charge in [0.05, 0.1) is 5.52 Å². The first-order valence-electron chi connectivity index (χ1n) is 7.21. The molecule has 0 aliphatic heterocycles. The molecule has 0 atom stereocenters. The molecule has 2 heteroatoms. The van der Waals surface area contributed by atoms with E-state index in [1.54, 1.807) is 0 Å². The number of pyridine rings is 1. The second-order valence-electron chi connectivity index (χ2n) is 5.73. The van der Waals surface area contributed by atoms with Crippen molar-refractivity contribution in [1.82, 2.24) is 4.57 Å². The topological polar surface area (TPSA) is 22.0 Å². The van der Waals surface area contributed by atoms with Crippen molar-refractivity contribution in [2.45, 2.75) is 27.3 Å². The molecular formula is C19H19NO. The summed E-state index contributed by atoms with van der Waals surface area (Å²) in [6.45, 7) is 6.76. The summed E-state index contributed by atoms with van der Waals surface area (Å²) in [5.41, 5.74) is 5.44. The molecule has 1 heterocycles. The van der Waals surface area contributed by atoms with E-state index in [1.165, 1.54) is 11.1 Å². The van der Waals surface area contributed by atoms with Crippen LogP contribution in [0.1, 0.15) is 22.3 Å². The molecule has 3 aromatic rings. The van der Waals surface area contributed by atoms with Gasteiger partial charge in [0.2, 0.25) is 0 Å². The van der Waals surface area contributed by atoms with Crippen LogP contribution in [0.15, 0.2) is 53.5 Å². The average Bonchev–Trinajstić information content (AvgIpc) is 2.45. The van der Waals surface area contributed by atoms with Crippen LogP contribution in [0.25, 0.3) is 10.9 Å². The van der Waals surface area contributed by atoms with Crippen LogP contribution in [-0.2, 0) is 6.54 Å². The van der Waals surface area contributed by atoms with Gasteiger partial charge in [-0.15, -0.1) is 0 Å². The van der Waals surface area contributed by atoms with Crippen LogP contribution in [0.3, 0.4) is 0 Å². The zero-order valence-corrected chi connectivity index (χ0v) is 12.7. The van der Waals surface area contributed by atoms with Gasteiger partial charge in [-0.05, 0) is 43.5 Å². The Labute approximate surface area is 124 Å². The van der Waals surface area contributed by atoms with Gasteiger partial charge in [0.15, 0.2) is 5.43 Å². The standard InChI is InChI=1S/C19H19NO/c1-13-9-14(2)18-17(10-13)20(11-15(3)19(18)21)12-16-7-5-4-6-8-16/h4-11H,12H2,1-3H3. The molecule has 0 bridgehead atoms. The molecule has 0 radical (unpaired) electrons. The lowest BCUT2D eigenvalue weighted by Gasteiger charge is -2.14. The van der Waals surface area contributed by atoms with Crippen molar-refractivity contribution in [3.63, 3.8) is 0 Å². The molecule has 1 aromatic heterocycles. The maximum absolute atomic E-state index is 12.5. The van der Waals surface area contributed by atoms with Gasteiger partial charge in [0.1, 0.15) is 0 Å². The van der Waals surface area contributed by atoms with Crippen molar-refractivity contribution >= 4 is 10.9 Å². The Hall–Kier alpha value is -2.35. The van der Waals surface area contributed by atoms with E-state index in [-0.39, 0.29) is 5.43 Å². The van der Waals surface area contributed by atoms with E-state index in [0.717, 1.165) is 28.6 Å². The fourth-order valence-corrected chi connectivity index (χ4v) is 2.94. The third-order valence-electron chi connectivity index (χ3n) is 3.90. The number of rotatable bonds is 2. The highest BCUT2D eigenvalue weighted by Gasteiger charge is 2.09. The van der Waals surface area contributed by atoms with E-state index in [4.69, 9.17) is 0 Å². The largest absolute Gasteiger partial charge is 0.343 e. The van der Waals surface area contributed by atoms with Crippen molar-refractivity contribution in [3.05, 3.63) is 81.1 Å². The molecule has 0 N–H and O–H groups in total. The Kier molecular flexibility index (Phi) is 3.38. The molecule has 3 rings (SSSR count). The molecule has 0 amide bonds. The molecule has 0 aliphatic rings. The first-order valence-corrected chi connectivity index (χ1v) is 7.21. The van der Waals surface area contributed by atoms with E-state index in [0.29, 0.717) is 0 Å². The summed E-state index contributed by atoms with van der Waals surface area (Å²) in [5.74, 6) is 0. The van der Waals surface area contributed by atoms with Gasteiger partial charge in [-0.1, -0.05) is 36.4 Å². The second-order valence-corrected chi connectivity index (χ2v) is 5.73. The minimum atomic E-state index is 0.145. The lowest BCUT2D eigenvalue weighted by molar-refractivity contribution is 0.819. The molecule has 0 aliphatic carbocycles. The number of hydrogen-bond acceptors (Lipinski definition) is 1. The molecular weight excluding hydrogens is 258 g/mol. The summed E-state index contributed by atoms with van der Waals surface area (Å²) < 4.78 is 2.18. The molecule has 0 spiro atoms. The normalized spacial score (nSPS) is 11.0. The smallest absolute Gasteiger partial charge is 0.192 e. The van der Waals surface area contributed by atoms with Crippen LogP contribution in [0.4, 0.5) is 0 Å². The van der Waals surface area contributed by atoms with Crippen molar-refractivity contribution in [2.75, 3.05) is 0 Å². The predicted molar refractivity (Wildman–Crippen MR) is 88.0 cm³/mol. The minimum Gasteiger partial charge on any atom is -0.343 e. The number of nitrogens with zero attached hydrogens (tertiary/aromatic N) is 1. The Morgan fingerprint density at radius 2 is 1.67 bits per heavy atom. The molecule has 0 saturated carbocycles. The van der Waals surface area contributed by atoms with E-state index < -0.39 is 0 Å². The van der Waals surface area contributed by atoms with Crippen LogP contribution in [0.2, 0.25) is 0 Å². The van der Waals surface area contributed by atoms with Gasteiger partial charge in [0.25, 0.3) is 0 Å². The number of benzene rings is 2. The molecule has 0 fully saturated rings. The van der Waals surface area contributed by atoms with Crippen molar-refractivity contribution in [2.24, 2.45) is 0 Å². The Bertz CT molecular complexity index is 860. The fourth-order valence-electron chi connectivity index (χ4n) is 2.94. The highest BCUT2D eigenvalue weighted by Crippen LogP contribution is 2.19. The summed E-state index contributed by atoms with van der Waals surface area (Å²) in [6.07, 6.45) is 1.97.